The molecule has 0 saturated heterocycles. The Labute approximate surface area is 112 Å². The van der Waals surface area contributed by atoms with Crippen molar-refractivity contribution in [3.8, 4) is 0 Å². The van der Waals surface area contributed by atoms with E-state index in [-0.39, 0.29) is 0 Å². The molecular weight excluding hydrogens is 224 g/mol. The van der Waals surface area contributed by atoms with Crippen molar-refractivity contribution in [1.82, 2.24) is 0 Å². The maximum atomic E-state index is 2.35. The smallest absolute Gasteiger partial charge is 0.0107 e. The van der Waals surface area contributed by atoms with Crippen molar-refractivity contribution < 1.29 is 0 Å². The molecule has 0 radical (unpaired) electrons. The molecule has 0 aliphatic carbocycles. The van der Waals surface area contributed by atoms with E-state index >= 15 is 0 Å². The van der Waals surface area contributed by atoms with Crippen molar-refractivity contribution in [2.75, 3.05) is 5.75 Å². The lowest BCUT2D eigenvalue weighted by molar-refractivity contribution is 0.895. The summed E-state index contributed by atoms with van der Waals surface area (Å²) in [5, 5.41) is 0. The molecule has 17 heavy (non-hydrogen) atoms. The SMILES string of the molecule is CC.CCCCSc1cc(C)c(C)c(C)c1C. The van der Waals surface area contributed by atoms with E-state index in [1.54, 1.807) is 0 Å². The number of thioether (sulfide) groups is 1. The van der Waals surface area contributed by atoms with E-state index in [1.165, 1.54) is 45.7 Å². The Balaban J connectivity index is 0.00000121. The standard InChI is InChI=1S/C14H22S.C2H6/c1-6-7-8-15-14-9-10(2)11(3)12(4)13(14)5;1-2/h9H,6-8H2,1-5H3;1-2H3. The molecule has 1 aromatic carbocycles. The van der Waals surface area contributed by atoms with Gasteiger partial charge in [0.15, 0.2) is 0 Å². The minimum Gasteiger partial charge on any atom is -0.126 e. The Bertz CT molecular complexity index is 340. The molecule has 0 spiro atoms. The summed E-state index contributed by atoms with van der Waals surface area (Å²) < 4.78 is 0. The van der Waals surface area contributed by atoms with E-state index in [4.69, 9.17) is 0 Å². The fraction of sp³-hybridized carbons (Fsp3) is 0.625. The fourth-order valence-electron chi connectivity index (χ4n) is 1.65. The molecule has 0 aliphatic heterocycles. The summed E-state index contributed by atoms with van der Waals surface area (Å²) in [6, 6.07) is 2.35. The van der Waals surface area contributed by atoms with Crippen LogP contribution in [0.25, 0.3) is 0 Å². The Morgan fingerprint density at radius 1 is 0.941 bits per heavy atom. The van der Waals surface area contributed by atoms with Crippen molar-refractivity contribution >= 4 is 11.8 Å². The Hall–Kier alpha value is -0.430. The van der Waals surface area contributed by atoms with Gasteiger partial charge in [-0.15, -0.1) is 11.8 Å². The van der Waals surface area contributed by atoms with Crippen LogP contribution in [-0.4, -0.2) is 5.75 Å². The molecule has 0 heterocycles. The zero-order chi connectivity index (χ0) is 13.4. The van der Waals surface area contributed by atoms with Crippen LogP contribution in [0.1, 0.15) is 55.9 Å². The first-order valence-electron chi connectivity index (χ1n) is 6.78. The summed E-state index contributed by atoms with van der Waals surface area (Å²) in [6.07, 6.45) is 2.60. The summed E-state index contributed by atoms with van der Waals surface area (Å²) in [4.78, 5) is 1.48. The fourth-order valence-corrected chi connectivity index (χ4v) is 2.93. The second-order valence-electron chi connectivity index (χ2n) is 4.27. The quantitative estimate of drug-likeness (QED) is 0.479. The summed E-state index contributed by atoms with van der Waals surface area (Å²) in [6.45, 7) is 15.2. The lowest BCUT2D eigenvalue weighted by atomic mass is 10.00. The van der Waals surface area contributed by atoms with Gasteiger partial charge in [-0.1, -0.05) is 27.2 Å². The van der Waals surface area contributed by atoms with Gasteiger partial charge < -0.3 is 0 Å². The zero-order valence-corrected chi connectivity index (χ0v) is 13.4. The molecule has 0 bridgehead atoms. The second kappa shape index (κ2) is 8.63. The largest absolute Gasteiger partial charge is 0.126 e. The molecule has 0 amide bonds. The topological polar surface area (TPSA) is 0 Å². The normalized spacial score (nSPS) is 9.82. The van der Waals surface area contributed by atoms with Gasteiger partial charge in [-0.05, 0) is 68.2 Å². The molecule has 1 heteroatoms. The molecule has 0 unspecified atom stereocenters. The maximum Gasteiger partial charge on any atom is 0.0107 e. The van der Waals surface area contributed by atoms with Gasteiger partial charge in [0.05, 0.1) is 0 Å². The summed E-state index contributed by atoms with van der Waals surface area (Å²) >= 11 is 2.01. The number of unbranched alkanes of at least 4 members (excludes halogenated alkanes) is 1. The molecule has 0 nitrogen and oxygen atoms in total. The Kier molecular flexibility index (Phi) is 8.41. The molecule has 0 atom stereocenters. The predicted octanol–water partition coefficient (Wildman–Crippen LogP) is 5.84. The van der Waals surface area contributed by atoms with Gasteiger partial charge in [0.25, 0.3) is 0 Å². The van der Waals surface area contributed by atoms with Gasteiger partial charge in [-0.25, -0.2) is 0 Å². The number of aryl methyl sites for hydroxylation is 1. The third-order valence-electron chi connectivity index (χ3n) is 3.19. The van der Waals surface area contributed by atoms with Crippen LogP contribution in [0.5, 0.6) is 0 Å². The van der Waals surface area contributed by atoms with E-state index in [9.17, 15) is 0 Å². The molecule has 1 rings (SSSR count). The van der Waals surface area contributed by atoms with E-state index in [1.807, 2.05) is 25.6 Å². The first kappa shape index (κ1) is 16.6. The van der Waals surface area contributed by atoms with Crippen molar-refractivity contribution in [3.63, 3.8) is 0 Å². The Morgan fingerprint density at radius 3 is 2.06 bits per heavy atom. The van der Waals surface area contributed by atoms with Gasteiger partial charge >= 0.3 is 0 Å². The number of rotatable bonds is 4. The van der Waals surface area contributed by atoms with E-state index < -0.39 is 0 Å². The van der Waals surface area contributed by atoms with Crippen LogP contribution in [0, 0.1) is 27.7 Å². The van der Waals surface area contributed by atoms with Crippen LogP contribution in [-0.2, 0) is 0 Å². The van der Waals surface area contributed by atoms with Gasteiger partial charge in [-0.2, -0.15) is 0 Å². The Morgan fingerprint density at radius 2 is 1.53 bits per heavy atom. The predicted molar refractivity (Wildman–Crippen MR) is 82.4 cm³/mol. The van der Waals surface area contributed by atoms with Crippen LogP contribution in [0.3, 0.4) is 0 Å². The zero-order valence-electron chi connectivity index (χ0n) is 12.6. The van der Waals surface area contributed by atoms with Crippen molar-refractivity contribution in [1.29, 1.82) is 0 Å². The van der Waals surface area contributed by atoms with Crippen LogP contribution in [0.15, 0.2) is 11.0 Å². The molecule has 0 aromatic heterocycles. The molecule has 1 aromatic rings. The van der Waals surface area contributed by atoms with Crippen molar-refractivity contribution in [2.24, 2.45) is 0 Å². The van der Waals surface area contributed by atoms with Crippen molar-refractivity contribution in [2.45, 2.75) is 66.2 Å². The first-order valence-corrected chi connectivity index (χ1v) is 7.76. The van der Waals surface area contributed by atoms with Crippen LogP contribution >= 0.6 is 11.8 Å². The minimum atomic E-state index is 1.25. The second-order valence-corrected chi connectivity index (χ2v) is 5.41. The third kappa shape index (κ3) is 4.75. The van der Waals surface area contributed by atoms with Gasteiger partial charge in [0.1, 0.15) is 0 Å². The highest BCUT2D eigenvalue weighted by atomic mass is 32.2. The van der Waals surface area contributed by atoms with Gasteiger partial charge in [0.2, 0.25) is 0 Å². The van der Waals surface area contributed by atoms with Crippen LogP contribution < -0.4 is 0 Å². The maximum absolute atomic E-state index is 2.35. The lowest BCUT2D eigenvalue weighted by Gasteiger charge is -2.13. The average molecular weight is 252 g/mol. The summed E-state index contributed by atoms with van der Waals surface area (Å²) in [5.41, 5.74) is 5.82. The summed E-state index contributed by atoms with van der Waals surface area (Å²) in [5.74, 6) is 1.25. The molecule has 0 aliphatic rings. The summed E-state index contributed by atoms with van der Waals surface area (Å²) in [7, 11) is 0. The molecule has 0 fully saturated rings. The van der Waals surface area contributed by atoms with Crippen LogP contribution in [0.4, 0.5) is 0 Å². The molecular formula is C16H28S. The number of benzene rings is 1. The minimum absolute atomic E-state index is 1.25. The highest BCUT2D eigenvalue weighted by Gasteiger charge is 2.06. The van der Waals surface area contributed by atoms with Gasteiger partial charge in [-0.3, -0.25) is 0 Å². The van der Waals surface area contributed by atoms with Crippen LogP contribution in [0.2, 0.25) is 0 Å². The molecule has 0 N–H and O–H groups in total. The molecule has 98 valence electrons. The van der Waals surface area contributed by atoms with E-state index in [0.29, 0.717) is 0 Å². The number of hydrogen-bond acceptors (Lipinski definition) is 1. The molecule has 0 saturated carbocycles. The van der Waals surface area contributed by atoms with Crippen molar-refractivity contribution in [3.05, 3.63) is 28.3 Å². The van der Waals surface area contributed by atoms with Gasteiger partial charge in [0, 0.05) is 4.90 Å². The first-order chi connectivity index (χ1) is 8.07. The highest BCUT2D eigenvalue weighted by molar-refractivity contribution is 7.99. The third-order valence-corrected chi connectivity index (χ3v) is 4.42. The van der Waals surface area contributed by atoms with E-state index in [0.717, 1.165) is 0 Å². The van der Waals surface area contributed by atoms with E-state index in [2.05, 4.69) is 40.7 Å². The monoisotopic (exact) mass is 252 g/mol. The highest BCUT2D eigenvalue weighted by Crippen LogP contribution is 2.29. The lowest BCUT2D eigenvalue weighted by Crippen LogP contribution is -1.94. The average Bonchev–Trinajstić information content (AvgIpc) is 2.35. The number of hydrogen-bond donors (Lipinski definition) is 0.